The third-order valence-corrected chi connectivity index (χ3v) is 3.81. The fourth-order valence-electron chi connectivity index (χ4n) is 2.00. The van der Waals surface area contributed by atoms with Crippen LogP contribution in [0.2, 0.25) is 13.1 Å². The van der Waals surface area contributed by atoms with Crippen molar-refractivity contribution in [3.05, 3.63) is 29.6 Å². The average Bonchev–Trinajstić information content (AvgIpc) is 2.26. The molecule has 1 saturated carbocycles. The maximum absolute atomic E-state index is 13.6. The van der Waals surface area contributed by atoms with Crippen LogP contribution in [-0.2, 0) is 10.6 Å². The number of ether oxygens (including phenoxy) is 1. The molecule has 1 aliphatic carbocycles. The second-order valence-corrected chi connectivity index (χ2v) is 7.05. The maximum Gasteiger partial charge on any atom is 0.416 e. The van der Waals surface area contributed by atoms with Crippen LogP contribution in [0.3, 0.4) is 0 Å². The molecule has 1 fully saturated rings. The molecule has 0 atom stereocenters. The monoisotopic (exact) mass is 307 g/mol. The molecule has 0 unspecified atom stereocenters. The van der Waals surface area contributed by atoms with Crippen LogP contribution in [0, 0.1) is 5.82 Å². The molecule has 0 aromatic heterocycles. The molecular weight excluding hydrogens is 292 g/mol. The van der Waals surface area contributed by atoms with Crippen molar-refractivity contribution in [1.29, 1.82) is 0 Å². The molecule has 0 heterocycles. The van der Waals surface area contributed by atoms with Crippen LogP contribution in [0.4, 0.5) is 17.6 Å². The lowest BCUT2D eigenvalue weighted by Crippen LogP contribution is -2.41. The van der Waals surface area contributed by atoms with Gasteiger partial charge in [-0.1, -0.05) is 0 Å². The van der Waals surface area contributed by atoms with E-state index in [4.69, 9.17) is 9.16 Å². The van der Waals surface area contributed by atoms with Crippen molar-refractivity contribution in [3.63, 3.8) is 0 Å². The number of hydrogen-bond donors (Lipinski definition) is 0. The lowest BCUT2D eigenvalue weighted by atomic mass is 9.92. The van der Waals surface area contributed by atoms with Crippen molar-refractivity contribution in [3.8, 4) is 5.75 Å². The molecule has 2 nitrogen and oxygen atoms in total. The Kier molecular flexibility index (Phi) is 4.39. The zero-order valence-corrected chi connectivity index (χ0v) is 12.1. The molecule has 0 amide bonds. The second kappa shape index (κ2) is 5.73. The molecule has 1 radical (unpaired) electrons. The van der Waals surface area contributed by atoms with Gasteiger partial charge >= 0.3 is 6.18 Å². The summed E-state index contributed by atoms with van der Waals surface area (Å²) in [5.74, 6) is -1.13. The molecule has 0 saturated heterocycles. The Morgan fingerprint density at radius 1 is 1.15 bits per heavy atom. The SMILES string of the molecule is C[Si](C)OC1CC(Oc2ccc(C(F)(F)F)cc2F)C1. The van der Waals surface area contributed by atoms with Crippen molar-refractivity contribution >= 4 is 9.04 Å². The molecule has 2 rings (SSSR count). The number of benzene rings is 1. The lowest BCUT2D eigenvalue weighted by molar-refractivity contribution is -0.137. The van der Waals surface area contributed by atoms with Crippen molar-refractivity contribution in [2.45, 2.75) is 44.3 Å². The van der Waals surface area contributed by atoms with Gasteiger partial charge in [0.15, 0.2) is 11.6 Å². The van der Waals surface area contributed by atoms with Gasteiger partial charge in [-0.3, -0.25) is 0 Å². The first kappa shape index (κ1) is 15.3. The van der Waals surface area contributed by atoms with Gasteiger partial charge in [-0.15, -0.1) is 0 Å². The number of rotatable bonds is 4. The van der Waals surface area contributed by atoms with Crippen LogP contribution >= 0.6 is 0 Å². The summed E-state index contributed by atoms with van der Waals surface area (Å²) >= 11 is 0. The van der Waals surface area contributed by atoms with Gasteiger partial charge in [0.25, 0.3) is 0 Å². The maximum atomic E-state index is 13.6. The van der Waals surface area contributed by atoms with E-state index in [1.54, 1.807) is 0 Å². The predicted octanol–water partition coefficient (Wildman–Crippen LogP) is 4.02. The van der Waals surface area contributed by atoms with Gasteiger partial charge in [-0.25, -0.2) is 4.39 Å². The van der Waals surface area contributed by atoms with Crippen molar-refractivity contribution < 1.29 is 26.7 Å². The summed E-state index contributed by atoms with van der Waals surface area (Å²) in [5.41, 5.74) is -1.01. The van der Waals surface area contributed by atoms with Gasteiger partial charge in [-0.2, -0.15) is 13.2 Å². The molecule has 1 aromatic rings. The van der Waals surface area contributed by atoms with Crippen LogP contribution in [0.25, 0.3) is 0 Å². The Balaban J connectivity index is 1.92. The highest BCUT2D eigenvalue weighted by molar-refractivity contribution is 6.48. The van der Waals surface area contributed by atoms with E-state index in [-0.39, 0.29) is 18.0 Å². The molecule has 1 aliphatic rings. The highest BCUT2D eigenvalue weighted by atomic mass is 28.3. The average molecular weight is 307 g/mol. The first-order chi connectivity index (χ1) is 9.25. The van der Waals surface area contributed by atoms with Crippen LogP contribution < -0.4 is 4.74 Å². The molecule has 111 valence electrons. The fraction of sp³-hybridized carbons (Fsp3) is 0.538. The Bertz CT molecular complexity index is 470. The molecule has 0 N–H and O–H groups in total. The van der Waals surface area contributed by atoms with E-state index in [2.05, 4.69) is 0 Å². The Morgan fingerprint density at radius 2 is 1.80 bits per heavy atom. The van der Waals surface area contributed by atoms with E-state index in [0.717, 1.165) is 12.1 Å². The number of alkyl halides is 3. The molecule has 0 bridgehead atoms. The Morgan fingerprint density at radius 3 is 2.30 bits per heavy atom. The molecule has 1 aromatic carbocycles. The highest BCUT2D eigenvalue weighted by Gasteiger charge is 2.34. The standard InChI is InChI=1S/C13H15F4O2Si/c1-20(2)19-10-6-9(7-10)18-12-4-3-8(5-11(12)14)13(15,16)17/h3-5,9-10H,6-7H2,1-2H3. The summed E-state index contributed by atoms with van der Waals surface area (Å²) < 4.78 is 61.7. The van der Waals surface area contributed by atoms with Crippen LogP contribution in [0.15, 0.2) is 18.2 Å². The van der Waals surface area contributed by atoms with Crippen LogP contribution in [0.1, 0.15) is 18.4 Å². The van der Waals surface area contributed by atoms with Crippen LogP contribution in [-0.4, -0.2) is 21.2 Å². The highest BCUT2D eigenvalue weighted by Crippen LogP contribution is 2.34. The lowest BCUT2D eigenvalue weighted by Gasteiger charge is -2.36. The second-order valence-electron chi connectivity index (χ2n) is 5.00. The minimum absolute atomic E-state index is 0.126. The van der Waals surface area contributed by atoms with Crippen LogP contribution in [0.5, 0.6) is 5.75 Å². The van der Waals surface area contributed by atoms with E-state index in [9.17, 15) is 17.6 Å². The summed E-state index contributed by atoms with van der Waals surface area (Å²) in [5, 5.41) is 0. The fourth-order valence-corrected chi connectivity index (χ4v) is 2.85. The first-order valence-electron chi connectivity index (χ1n) is 6.26. The summed E-state index contributed by atoms with van der Waals surface area (Å²) in [6.45, 7) is 4.04. The van der Waals surface area contributed by atoms with Gasteiger partial charge in [-0.05, 0) is 31.3 Å². The van der Waals surface area contributed by atoms with E-state index >= 15 is 0 Å². The zero-order valence-electron chi connectivity index (χ0n) is 11.1. The van der Waals surface area contributed by atoms with E-state index in [0.29, 0.717) is 18.9 Å². The largest absolute Gasteiger partial charge is 0.487 e. The van der Waals surface area contributed by atoms with Gasteiger partial charge in [0.05, 0.1) is 11.7 Å². The predicted molar refractivity (Wildman–Crippen MR) is 67.4 cm³/mol. The number of hydrogen-bond acceptors (Lipinski definition) is 2. The van der Waals surface area contributed by atoms with Gasteiger partial charge in [0, 0.05) is 12.8 Å². The Labute approximate surface area is 116 Å². The summed E-state index contributed by atoms with van der Waals surface area (Å²) in [4.78, 5) is 0. The molecular formula is C13H15F4O2Si. The third kappa shape index (κ3) is 3.73. The minimum atomic E-state index is -4.55. The van der Waals surface area contributed by atoms with E-state index in [1.807, 2.05) is 13.1 Å². The van der Waals surface area contributed by atoms with Gasteiger partial charge in [0.1, 0.15) is 6.10 Å². The smallest absolute Gasteiger partial charge is 0.416 e. The third-order valence-electron chi connectivity index (χ3n) is 3.01. The molecule has 7 heteroatoms. The summed E-state index contributed by atoms with van der Waals surface area (Å²) in [6, 6.07) is 2.31. The van der Waals surface area contributed by atoms with Gasteiger partial charge < -0.3 is 9.16 Å². The molecule has 0 aliphatic heterocycles. The van der Waals surface area contributed by atoms with Crippen molar-refractivity contribution in [1.82, 2.24) is 0 Å². The normalized spacial score (nSPS) is 22.8. The topological polar surface area (TPSA) is 18.5 Å². The quantitative estimate of drug-likeness (QED) is 0.618. The Hall–Kier alpha value is -1.08. The summed E-state index contributed by atoms with van der Waals surface area (Å²) in [6.07, 6.45) is -3.31. The van der Waals surface area contributed by atoms with E-state index < -0.39 is 26.6 Å². The minimum Gasteiger partial charge on any atom is -0.487 e. The van der Waals surface area contributed by atoms with Gasteiger partial charge in [0.2, 0.25) is 9.04 Å². The summed E-state index contributed by atoms with van der Waals surface area (Å²) in [7, 11) is -0.774. The molecule has 20 heavy (non-hydrogen) atoms. The van der Waals surface area contributed by atoms with E-state index in [1.165, 1.54) is 0 Å². The molecule has 0 spiro atoms. The van der Waals surface area contributed by atoms with Crippen molar-refractivity contribution in [2.75, 3.05) is 0 Å². The first-order valence-corrected chi connectivity index (χ1v) is 8.66. The number of halogens is 4. The zero-order chi connectivity index (χ0) is 14.9. The van der Waals surface area contributed by atoms with Crippen molar-refractivity contribution in [2.24, 2.45) is 0 Å².